The van der Waals surface area contributed by atoms with Crippen molar-refractivity contribution in [1.29, 1.82) is 0 Å². The maximum absolute atomic E-state index is 11.1. The van der Waals surface area contributed by atoms with E-state index in [4.69, 9.17) is 9.79 Å². The molecule has 1 atom stereocenters. The van der Waals surface area contributed by atoms with E-state index in [0.29, 0.717) is 6.54 Å². The van der Waals surface area contributed by atoms with Crippen LogP contribution in [0, 0.1) is 5.92 Å². The van der Waals surface area contributed by atoms with Crippen LogP contribution in [-0.4, -0.2) is 27.9 Å². The Balaban J connectivity index is 4.06. The molecule has 0 heterocycles. The van der Waals surface area contributed by atoms with Gasteiger partial charge in [-0.3, -0.25) is 9.36 Å². The SMILES string of the molecule is CC(C)CNC(=O)C(C)P(=O)(O)O. The highest BCUT2D eigenvalue weighted by molar-refractivity contribution is 7.53. The molecule has 5 nitrogen and oxygen atoms in total. The predicted molar refractivity (Wildman–Crippen MR) is 49.4 cm³/mol. The van der Waals surface area contributed by atoms with E-state index in [0.717, 1.165) is 0 Å². The Hall–Kier alpha value is -0.380. The molecule has 0 aromatic carbocycles. The molecular weight excluding hydrogens is 193 g/mol. The summed E-state index contributed by atoms with van der Waals surface area (Å²) in [7, 11) is -4.28. The Morgan fingerprint density at radius 2 is 1.85 bits per heavy atom. The molecule has 1 unspecified atom stereocenters. The fourth-order valence-corrected chi connectivity index (χ4v) is 1.00. The maximum atomic E-state index is 11.1. The van der Waals surface area contributed by atoms with Crippen LogP contribution in [0.4, 0.5) is 0 Å². The van der Waals surface area contributed by atoms with Crippen LogP contribution in [-0.2, 0) is 9.36 Å². The first-order valence-electron chi connectivity index (χ1n) is 4.08. The Bertz CT molecular complexity index is 223. The van der Waals surface area contributed by atoms with Crippen LogP contribution in [0.2, 0.25) is 0 Å². The van der Waals surface area contributed by atoms with Gasteiger partial charge in [-0.15, -0.1) is 0 Å². The van der Waals surface area contributed by atoms with E-state index in [1.54, 1.807) is 0 Å². The lowest BCUT2D eigenvalue weighted by Crippen LogP contribution is -2.34. The molecule has 6 heteroatoms. The zero-order chi connectivity index (χ0) is 10.6. The van der Waals surface area contributed by atoms with Gasteiger partial charge in [0.2, 0.25) is 5.91 Å². The molecule has 13 heavy (non-hydrogen) atoms. The molecule has 3 N–H and O–H groups in total. The van der Waals surface area contributed by atoms with Gasteiger partial charge in [0.25, 0.3) is 0 Å². The summed E-state index contributed by atoms with van der Waals surface area (Å²) in [6, 6.07) is 0. The summed E-state index contributed by atoms with van der Waals surface area (Å²) in [5, 5.41) is 2.46. The molecule has 0 bridgehead atoms. The molecule has 0 aliphatic heterocycles. The van der Waals surface area contributed by atoms with Crippen molar-refractivity contribution < 1.29 is 19.1 Å². The Morgan fingerprint density at radius 1 is 1.38 bits per heavy atom. The number of carbonyl (C=O) groups excluding carboxylic acids is 1. The largest absolute Gasteiger partial charge is 0.355 e. The van der Waals surface area contributed by atoms with Gasteiger partial charge in [0.15, 0.2) is 0 Å². The fourth-order valence-electron chi connectivity index (χ4n) is 0.605. The summed E-state index contributed by atoms with van der Waals surface area (Å²) >= 11 is 0. The monoisotopic (exact) mass is 209 g/mol. The van der Waals surface area contributed by atoms with Gasteiger partial charge >= 0.3 is 7.60 Å². The zero-order valence-electron chi connectivity index (χ0n) is 8.02. The van der Waals surface area contributed by atoms with E-state index in [1.807, 2.05) is 13.8 Å². The second kappa shape index (κ2) is 4.74. The summed E-state index contributed by atoms with van der Waals surface area (Å²) in [5.41, 5.74) is -1.26. The van der Waals surface area contributed by atoms with Gasteiger partial charge in [-0.05, 0) is 12.8 Å². The lowest BCUT2D eigenvalue weighted by molar-refractivity contribution is -0.120. The van der Waals surface area contributed by atoms with E-state index in [-0.39, 0.29) is 5.92 Å². The van der Waals surface area contributed by atoms with E-state index in [2.05, 4.69) is 5.32 Å². The minimum absolute atomic E-state index is 0.271. The molecule has 0 saturated heterocycles. The number of hydrogen-bond acceptors (Lipinski definition) is 2. The first-order valence-corrected chi connectivity index (χ1v) is 5.76. The molecule has 78 valence electrons. The summed E-state index contributed by atoms with van der Waals surface area (Å²) < 4.78 is 10.7. The van der Waals surface area contributed by atoms with Crippen LogP contribution in [0.15, 0.2) is 0 Å². The van der Waals surface area contributed by atoms with Gasteiger partial charge < -0.3 is 15.1 Å². The minimum atomic E-state index is -4.28. The van der Waals surface area contributed by atoms with Gasteiger partial charge in [-0.2, -0.15) is 0 Å². The van der Waals surface area contributed by atoms with Crippen molar-refractivity contribution in [1.82, 2.24) is 5.32 Å². The smallest absolute Gasteiger partial charge is 0.337 e. The van der Waals surface area contributed by atoms with E-state index >= 15 is 0 Å². The highest BCUT2D eigenvalue weighted by Crippen LogP contribution is 2.40. The summed E-state index contributed by atoms with van der Waals surface area (Å²) in [5.74, 6) is -0.324. The van der Waals surface area contributed by atoms with Crippen molar-refractivity contribution >= 4 is 13.5 Å². The molecule has 0 spiro atoms. The second-order valence-electron chi connectivity index (χ2n) is 3.40. The van der Waals surface area contributed by atoms with Crippen LogP contribution < -0.4 is 5.32 Å². The van der Waals surface area contributed by atoms with Crippen LogP contribution in [0.3, 0.4) is 0 Å². The van der Waals surface area contributed by atoms with Crippen molar-refractivity contribution in [2.45, 2.75) is 26.4 Å². The van der Waals surface area contributed by atoms with E-state index in [1.165, 1.54) is 6.92 Å². The predicted octanol–water partition coefficient (Wildman–Crippen LogP) is 0.325. The van der Waals surface area contributed by atoms with Crippen LogP contribution >= 0.6 is 7.60 Å². The Kier molecular flexibility index (Phi) is 4.61. The van der Waals surface area contributed by atoms with Gasteiger partial charge in [-0.1, -0.05) is 13.8 Å². The molecule has 0 aromatic heterocycles. The molecule has 0 saturated carbocycles. The number of rotatable bonds is 4. The zero-order valence-corrected chi connectivity index (χ0v) is 8.91. The van der Waals surface area contributed by atoms with Crippen molar-refractivity contribution in [2.75, 3.05) is 6.54 Å². The number of carbonyl (C=O) groups is 1. The number of hydrogen-bond donors (Lipinski definition) is 3. The first kappa shape index (κ1) is 12.6. The highest BCUT2D eigenvalue weighted by atomic mass is 31.2. The van der Waals surface area contributed by atoms with Gasteiger partial charge in [0.1, 0.15) is 5.66 Å². The van der Waals surface area contributed by atoms with Crippen LogP contribution in [0.25, 0.3) is 0 Å². The second-order valence-corrected chi connectivity index (χ2v) is 5.36. The average Bonchev–Trinajstić information content (AvgIpc) is 1.96. The number of nitrogens with one attached hydrogen (secondary N) is 1. The van der Waals surface area contributed by atoms with Crippen molar-refractivity contribution in [3.05, 3.63) is 0 Å². The lowest BCUT2D eigenvalue weighted by atomic mass is 10.2. The highest BCUT2D eigenvalue weighted by Gasteiger charge is 2.30. The topological polar surface area (TPSA) is 86.6 Å². The normalized spacial score (nSPS) is 14.3. The Morgan fingerprint density at radius 3 is 2.15 bits per heavy atom. The van der Waals surface area contributed by atoms with Gasteiger partial charge in [0, 0.05) is 6.54 Å². The van der Waals surface area contributed by atoms with Crippen molar-refractivity contribution in [3.8, 4) is 0 Å². The summed E-state index contributed by atoms with van der Waals surface area (Å²) in [4.78, 5) is 28.4. The molecule has 0 aliphatic rings. The van der Waals surface area contributed by atoms with Crippen LogP contribution in [0.5, 0.6) is 0 Å². The quantitative estimate of drug-likeness (QED) is 0.582. The van der Waals surface area contributed by atoms with Crippen molar-refractivity contribution in [3.63, 3.8) is 0 Å². The minimum Gasteiger partial charge on any atom is -0.355 e. The third-order valence-corrected chi connectivity index (χ3v) is 2.81. The summed E-state index contributed by atoms with van der Waals surface area (Å²) in [6.07, 6.45) is 0. The van der Waals surface area contributed by atoms with Crippen LogP contribution in [0.1, 0.15) is 20.8 Å². The van der Waals surface area contributed by atoms with Gasteiger partial charge in [0.05, 0.1) is 0 Å². The molecule has 1 amide bonds. The van der Waals surface area contributed by atoms with E-state index in [9.17, 15) is 9.36 Å². The van der Waals surface area contributed by atoms with E-state index < -0.39 is 19.2 Å². The lowest BCUT2D eigenvalue weighted by Gasteiger charge is -2.14. The molecular formula is C7H16NO4P. The maximum Gasteiger partial charge on any atom is 0.337 e. The standard InChI is InChI=1S/C7H16NO4P/c1-5(2)4-8-7(9)6(3)13(10,11)12/h5-6H,4H2,1-3H3,(H,8,9)(H2,10,11,12). The van der Waals surface area contributed by atoms with Crippen molar-refractivity contribution in [2.24, 2.45) is 5.92 Å². The number of amides is 1. The molecule has 0 fully saturated rings. The summed E-state index contributed by atoms with van der Waals surface area (Å²) in [6.45, 7) is 5.46. The molecule has 0 aliphatic carbocycles. The molecule has 0 radical (unpaired) electrons. The van der Waals surface area contributed by atoms with Gasteiger partial charge in [-0.25, -0.2) is 0 Å². The Labute approximate surface area is 77.7 Å². The first-order chi connectivity index (χ1) is 5.75. The average molecular weight is 209 g/mol. The fraction of sp³-hybridized carbons (Fsp3) is 0.857. The third kappa shape index (κ3) is 5.03. The molecule has 0 aromatic rings. The molecule has 0 rings (SSSR count). The third-order valence-electron chi connectivity index (χ3n) is 1.57.